The molecule has 0 amide bonds. The minimum atomic E-state index is -0.226. The van der Waals surface area contributed by atoms with E-state index >= 15 is 0 Å². The molecule has 3 rings (SSSR count). The maximum atomic E-state index is 12.4. The first-order valence-corrected chi connectivity index (χ1v) is 5.62. The molecule has 1 aromatic carbocycles. The number of rotatable bonds is 0. The number of hydrogen-bond donors (Lipinski definition) is 0. The highest BCUT2D eigenvalue weighted by Gasteiger charge is 2.33. The topological polar surface area (TPSA) is 59.9 Å². The molecule has 1 aliphatic rings. The zero-order chi connectivity index (χ0) is 12.9. The molecule has 1 heterocycles. The smallest absolute Gasteiger partial charge is 0.214 e. The summed E-state index contributed by atoms with van der Waals surface area (Å²) in [6.07, 6.45) is 2.86. The van der Waals surface area contributed by atoms with Gasteiger partial charge in [-0.25, -0.2) is 9.97 Å². The van der Waals surface area contributed by atoms with Crippen molar-refractivity contribution >= 4 is 11.6 Å². The molecule has 18 heavy (non-hydrogen) atoms. The fourth-order valence-corrected chi connectivity index (χ4v) is 2.21. The van der Waals surface area contributed by atoms with E-state index in [-0.39, 0.29) is 23.0 Å². The Kier molecular flexibility index (Phi) is 2.13. The number of ketones is 2. The van der Waals surface area contributed by atoms with E-state index in [2.05, 4.69) is 9.97 Å². The molecule has 0 saturated heterocycles. The van der Waals surface area contributed by atoms with Crippen LogP contribution in [0.1, 0.15) is 43.2 Å². The Balaban J connectivity index is 2.38. The predicted molar refractivity (Wildman–Crippen MR) is 64.8 cm³/mol. The summed E-state index contributed by atoms with van der Waals surface area (Å²) in [4.78, 5) is 32.6. The first-order valence-electron chi connectivity index (χ1n) is 5.62. The zero-order valence-electron chi connectivity index (χ0n) is 10.0. The average molecular weight is 238 g/mol. The first kappa shape index (κ1) is 10.8. The van der Waals surface area contributed by atoms with Gasteiger partial charge in [0, 0.05) is 23.5 Å². The van der Waals surface area contributed by atoms with Gasteiger partial charge in [-0.3, -0.25) is 9.59 Å². The van der Waals surface area contributed by atoms with Gasteiger partial charge in [0.25, 0.3) is 0 Å². The molecule has 4 nitrogen and oxygen atoms in total. The van der Waals surface area contributed by atoms with E-state index < -0.39 is 0 Å². The molecule has 1 aromatic heterocycles. The minimum Gasteiger partial charge on any atom is -0.287 e. The van der Waals surface area contributed by atoms with E-state index in [4.69, 9.17) is 0 Å². The van der Waals surface area contributed by atoms with E-state index in [9.17, 15) is 9.59 Å². The standard InChI is InChI=1S/C14H10N2O2/c1-7-3-4-9-10(8(7)2)14(18)12-11(13(9)17)15-5-6-16-12/h3-6H,1-2H3. The van der Waals surface area contributed by atoms with Crippen LogP contribution in [0.15, 0.2) is 24.5 Å². The summed E-state index contributed by atoms with van der Waals surface area (Å²) >= 11 is 0. The van der Waals surface area contributed by atoms with Crippen molar-refractivity contribution in [2.45, 2.75) is 13.8 Å². The van der Waals surface area contributed by atoms with Crippen LogP contribution >= 0.6 is 0 Å². The van der Waals surface area contributed by atoms with Crippen LogP contribution in [0.4, 0.5) is 0 Å². The summed E-state index contributed by atoms with van der Waals surface area (Å²) in [6, 6.07) is 3.54. The van der Waals surface area contributed by atoms with Gasteiger partial charge in [0.05, 0.1) is 0 Å². The van der Waals surface area contributed by atoms with Gasteiger partial charge in [-0.15, -0.1) is 0 Å². The third-order valence-corrected chi connectivity index (χ3v) is 3.34. The van der Waals surface area contributed by atoms with Crippen LogP contribution in [0.3, 0.4) is 0 Å². The van der Waals surface area contributed by atoms with E-state index in [0.717, 1.165) is 11.1 Å². The summed E-state index contributed by atoms with van der Waals surface area (Å²) in [6.45, 7) is 3.76. The molecule has 88 valence electrons. The van der Waals surface area contributed by atoms with E-state index in [0.29, 0.717) is 11.1 Å². The summed E-state index contributed by atoms with van der Waals surface area (Å²) in [5.74, 6) is -0.440. The lowest BCUT2D eigenvalue weighted by Gasteiger charge is -2.18. The van der Waals surface area contributed by atoms with E-state index in [1.807, 2.05) is 19.9 Å². The summed E-state index contributed by atoms with van der Waals surface area (Å²) in [5, 5.41) is 0. The van der Waals surface area contributed by atoms with Crippen molar-refractivity contribution in [2.75, 3.05) is 0 Å². The summed E-state index contributed by atoms with van der Waals surface area (Å²) < 4.78 is 0. The molecule has 0 radical (unpaired) electrons. The second kappa shape index (κ2) is 3.57. The van der Waals surface area contributed by atoms with Gasteiger partial charge in [0.2, 0.25) is 11.6 Å². The maximum absolute atomic E-state index is 12.4. The molecular weight excluding hydrogens is 228 g/mol. The highest BCUT2D eigenvalue weighted by atomic mass is 16.1. The number of benzene rings is 1. The highest BCUT2D eigenvalue weighted by molar-refractivity contribution is 6.27. The minimum absolute atomic E-state index is 0.151. The Morgan fingerprint density at radius 1 is 0.889 bits per heavy atom. The van der Waals surface area contributed by atoms with Gasteiger partial charge < -0.3 is 0 Å². The van der Waals surface area contributed by atoms with Crippen molar-refractivity contribution in [1.29, 1.82) is 0 Å². The fourth-order valence-electron chi connectivity index (χ4n) is 2.21. The van der Waals surface area contributed by atoms with Gasteiger partial charge in [0.1, 0.15) is 11.4 Å². The molecule has 0 spiro atoms. The van der Waals surface area contributed by atoms with Crippen LogP contribution in [0.25, 0.3) is 0 Å². The molecule has 0 saturated carbocycles. The number of nitrogens with zero attached hydrogens (tertiary/aromatic N) is 2. The largest absolute Gasteiger partial charge is 0.287 e. The SMILES string of the molecule is Cc1ccc2c(c1C)C(=O)c1nccnc1C2=O. The van der Waals surface area contributed by atoms with Crippen LogP contribution in [-0.4, -0.2) is 21.5 Å². The van der Waals surface area contributed by atoms with Gasteiger partial charge >= 0.3 is 0 Å². The van der Waals surface area contributed by atoms with Crippen LogP contribution in [0.2, 0.25) is 0 Å². The van der Waals surface area contributed by atoms with Crippen LogP contribution in [0.5, 0.6) is 0 Å². The van der Waals surface area contributed by atoms with Crippen LogP contribution in [0, 0.1) is 13.8 Å². The highest BCUT2D eigenvalue weighted by Crippen LogP contribution is 2.28. The van der Waals surface area contributed by atoms with Crippen molar-refractivity contribution < 1.29 is 9.59 Å². The van der Waals surface area contributed by atoms with Gasteiger partial charge in [0.15, 0.2) is 0 Å². The van der Waals surface area contributed by atoms with Gasteiger partial charge in [-0.1, -0.05) is 6.07 Å². The molecule has 4 heteroatoms. The summed E-state index contributed by atoms with van der Waals surface area (Å²) in [7, 11) is 0. The number of aryl methyl sites for hydroxylation is 1. The van der Waals surface area contributed by atoms with Crippen molar-refractivity contribution in [3.8, 4) is 0 Å². The molecule has 0 aliphatic heterocycles. The molecule has 0 N–H and O–H groups in total. The number of carbonyl (C=O) groups is 2. The first-order chi connectivity index (χ1) is 8.61. The maximum Gasteiger partial charge on any atom is 0.214 e. The Labute approximate surface area is 104 Å². The average Bonchev–Trinajstić information content (AvgIpc) is 2.39. The molecular formula is C14H10N2O2. The molecule has 1 aliphatic carbocycles. The number of fused-ring (bicyclic) bond motifs is 2. The van der Waals surface area contributed by atoms with Crippen LogP contribution < -0.4 is 0 Å². The quantitative estimate of drug-likeness (QED) is 0.600. The molecule has 0 atom stereocenters. The van der Waals surface area contributed by atoms with Crippen molar-refractivity contribution in [3.05, 3.63) is 58.2 Å². The van der Waals surface area contributed by atoms with E-state index in [1.165, 1.54) is 12.4 Å². The zero-order valence-corrected chi connectivity index (χ0v) is 10.0. The Hall–Kier alpha value is -2.36. The van der Waals surface area contributed by atoms with Crippen LogP contribution in [-0.2, 0) is 0 Å². The van der Waals surface area contributed by atoms with Gasteiger partial charge in [-0.2, -0.15) is 0 Å². The molecule has 0 fully saturated rings. The van der Waals surface area contributed by atoms with Crippen molar-refractivity contribution in [3.63, 3.8) is 0 Å². The number of aromatic nitrogens is 2. The third kappa shape index (κ3) is 1.26. The Morgan fingerprint density at radius 2 is 1.50 bits per heavy atom. The monoisotopic (exact) mass is 238 g/mol. The Morgan fingerprint density at radius 3 is 2.17 bits per heavy atom. The van der Waals surface area contributed by atoms with Crippen molar-refractivity contribution in [2.24, 2.45) is 0 Å². The summed E-state index contributed by atoms with van der Waals surface area (Å²) in [5.41, 5.74) is 3.02. The predicted octanol–water partition coefficient (Wildman–Crippen LogP) is 1.87. The lowest BCUT2D eigenvalue weighted by atomic mass is 9.85. The molecule has 0 unspecified atom stereocenters. The van der Waals surface area contributed by atoms with E-state index in [1.54, 1.807) is 6.07 Å². The van der Waals surface area contributed by atoms with Crippen molar-refractivity contribution in [1.82, 2.24) is 9.97 Å². The lowest BCUT2D eigenvalue weighted by Crippen LogP contribution is -2.24. The Bertz CT molecular complexity index is 705. The third-order valence-electron chi connectivity index (χ3n) is 3.34. The molecule has 2 aromatic rings. The second-order valence-electron chi connectivity index (χ2n) is 4.34. The lowest BCUT2D eigenvalue weighted by molar-refractivity contribution is 0.0971. The normalized spacial score (nSPS) is 13.2. The van der Waals surface area contributed by atoms with Gasteiger partial charge in [-0.05, 0) is 31.0 Å². The molecule has 0 bridgehead atoms. The number of carbonyl (C=O) groups excluding carboxylic acids is 2. The fraction of sp³-hybridized carbons (Fsp3) is 0.143. The second-order valence-corrected chi connectivity index (χ2v) is 4.34. The number of hydrogen-bond acceptors (Lipinski definition) is 4.